The monoisotopic (exact) mass is 140 g/mol. The van der Waals surface area contributed by atoms with Gasteiger partial charge in [0, 0.05) is 0 Å². The summed E-state index contributed by atoms with van der Waals surface area (Å²) in [5.41, 5.74) is 3.79. The second-order valence-corrected chi connectivity index (χ2v) is 2.11. The van der Waals surface area contributed by atoms with E-state index < -0.39 is 5.72 Å². The molecule has 1 atom stereocenters. The van der Waals surface area contributed by atoms with Crippen LogP contribution in [0.3, 0.4) is 0 Å². The molecular formula is C5H8N4O. The van der Waals surface area contributed by atoms with Crippen LogP contribution in [0.15, 0.2) is 12.7 Å². The maximum absolute atomic E-state index is 9.11. The van der Waals surface area contributed by atoms with Crippen molar-refractivity contribution in [2.45, 2.75) is 12.6 Å². The van der Waals surface area contributed by atoms with Crippen LogP contribution in [0, 0.1) is 0 Å². The Morgan fingerprint density at radius 3 is 2.30 bits per heavy atom. The van der Waals surface area contributed by atoms with Crippen LogP contribution in [-0.2, 0) is 5.72 Å². The van der Waals surface area contributed by atoms with E-state index in [9.17, 15) is 0 Å². The van der Waals surface area contributed by atoms with Gasteiger partial charge in [0.2, 0.25) is 0 Å². The third kappa shape index (κ3) is 1.46. The number of aliphatic hydroxyl groups is 1. The lowest BCUT2D eigenvalue weighted by Crippen LogP contribution is -2.34. The minimum absolute atomic E-state index is 0.169. The lowest BCUT2D eigenvalue weighted by atomic mass is 10.3. The summed E-state index contributed by atoms with van der Waals surface area (Å²) < 4.78 is 0. The van der Waals surface area contributed by atoms with E-state index in [-0.39, 0.29) is 5.82 Å². The molecule has 1 rings (SSSR count). The zero-order valence-corrected chi connectivity index (χ0v) is 5.52. The first-order valence-corrected chi connectivity index (χ1v) is 2.74. The lowest BCUT2D eigenvalue weighted by molar-refractivity contribution is 0.0547. The first-order chi connectivity index (χ1) is 4.61. The van der Waals surface area contributed by atoms with Gasteiger partial charge in [-0.15, -0.1) is 0 Å². The Kier molecular flexibility index (Phi) is 1.60. The van der Waals surface area contributed by atoms with Gasteiger partial charge in [-0.25, -0.2) is 15.0 Å². The molecule has 0 bridgehead atoms. The van der Waals surface area contributed by atoms with Crippen LogP contribution in [-0.4, -0.2) is 20.1 Å². The Bertz CT molecular complexity index is 205. The van der Waals surface area contributed by atoms with Gasteiger partial charge in [-0.3, -0.25) is 5.73 Å². The molecule has 0 fully saturated rings. The Labute approximate surface area is 58.0 Å². The molecule has 0 aromatic carbocycles. The van der Waals surface area contributed by atoms with Crippen LogP contribution in [0.4, 0.5) is 0 Å². The molecule has 0 amide bonds. The van der Waals surface area contributed by atoms with Crippen LogP contribution < -0.4 is 5.73 Å². The molecule has 1 aromatic heterocycles. The summed E-state index contributed by atoms with van der Waals surface area (Å²) in [6, 6.07) is 0. The van der Waals surface area contributed by atoms with Crippen molar-refractivity contribution in [3.8, 4) is 0 Å². The van der Waals surface area contributed by atoms with Gasteiger partial charge < -0.3 is 5.11 Å². The smallest absolute Gasteiger partial charge is 0.178 e. The van der Waals surface area contributed by atoms with Crippen molar-refractivity contribution in [1.29, 1.82) is 0 Å². The number of hydrogen-bond acceptors (Lipinski definition) is 5. The molecule has 0 saturated carbocycles. The highest BCUT2D eigenvalue weighted by Gasteiger charge is 2.18. The number of hydrogen-bond donors (Lipinski definition) is 2. The van der Waals surface area contributed by atoms with Crippen LogP contribution in [0.1, 0.15) is 12.7 Å². The average molecular weight is 140 g/mol. The van der Waals surface area contributed by atoms with Gasteiger partial charge in [0.1, 0.15) is 12.7 Å². The van der Waals surface area contributed by atoms with Crippen LogP contribution in [0.25, 0.3) is 0 Å². The molecule has 3 N–H and O–H groups in total. The molecular weight excluding hydrogens is 132 g/mol. The molecule has 5 heteroatoms. The first-order valence-electron chi connectivity index (χ1n) is 2.74. The molecule has 1 unspecified atom stereocenters. The van der Waals surface area contributed by atoms with E-state index in [0.717, 1.165) is 0 Å². The number of rotatable bonds is 1. The van der Waals surface area contributed by atoms with E-state index in [0.29, 0.717) is 0 Å². The third-order valence-corrected chi connectivity index (χ3v) is 0.946. The fraction of sp³-hybridized carbons (Fsp3) is 0.400. The molecule has 0 aliphatic carbocycles. The van der Waals surface area contributed by atoms with Gasteiger partial charge >= 0.3 is 0 Å². The van der Waals surface area contributed by atoms with Crippen LogP contribution in [0.5, 0.6) is 0 Å². The highest BCUT2D eigenvalue weighted by molar-refractivity contribution is 4.92. The molecule has 0 aliphatic rings. The maximum Gasteiger partial charge on any atom is 0.178 e. The SMILES string of the molecule is CC(N)(O)c1ncncn1. The van der Waals surface area contributed by atoms with E-state index in [1.165, 1.54) is 19.6 Å². The van der Waals surface area contributed by atoms with Gasteiger partial charge in [-0.2, -0.15) is 0 Å². The second-order valence-electron chi connectivity index (χ2n) is 2.11. The second kappa shape index (κ2) is 2.28. The third-order valence-electron chi connectivity index (χ3n) is 0.946. The predicted octanol–water partition coefficient (Wildman–Crippen LogP) is -1.00. The summed E-state index contributed by atoms with van der Waals surface area (Å²) in [7, 11) is 0. The van der Waals surface area contributed by atoms with Gasteiger partial charge in [-0.05, 0) is 6.92 Å². The largest absolute Gasteiger partial charge is 0.369 e. The van der Waals surface area contributed by atoms with E-state index in [1.807, 2.05) is 0 Å². The molecule has 0 spiro atoms. The number of nitrogens with two attached hydrogens (primary N) is 1. The van der Waals surface area contributed by atoms with Gasteiger partial charge in [0.15, 0.2) is 11.5 Å². The van der Waals surface area contributed by atoms with E-state index >= 15 is 0 Å². The molecule has 54 valence electrons. The molecule has 5 nitrogen and oxygen atoms in total. The van der Waals surface area contributed by atoms with Crippen LogP contribution in [0.2, 0.25) is 0 Å². The summed E-state index contributed by atoms with van der Waals surface area (Å²) >= 11 is 0. The summed E-state index contributed by atoms with van der Waals surface area (Å²) in [5.74, 6) is 0.169. The van der Waals surface area contributed by atoms with Crippen LogP contribution >= 0.6 is 0 Å². The fourth-order valence-electron chi connectivity index (χ4n) is 0.501. The topological polar surface area (TPSA) is 84.9 Å². The lowest BCUT2D eigenvalue weighted by Gasteiger charge is -2.13. The minimum atomic E-state index is -1.47. The highest BCUT2D eigenvalue weighted by Crippen LogP contribution is 2.04. The van der Waals surface area contributed by atoms with Crippen molar-refractivity contribution >= 4 is 0 Å². The van der Waals surface area contributed by atoms with E-state index in [1.54, 1.807) is 0 Å². The van der Waals surface area contributed by atoms with Gasteiger partial charge in [0.05, 0.1) is 0 Å². The highest BCUT2D eigenvalue weighted by atomic mass is 16.3. The molecule has 1 aromatic rings. The van der Waals surface area contributed by atoms with E-state index in [2.05, 4.69) is 15.0 Å². The van der Waals surface area contributed by atoms with Crippen molar-refractivity contribution in [1.82, 2.24) is 15.0 Å². The quantitative estimate of drug-likeness (QED) is 0.488. The molecule has 0 radical (unpaired) electrons. The Hall–Kier alpha value is -1.07. The van der Waals surface area contributed by atoms with Gasteiger partial charge in [0.25, 0.3) is 0 Å². The van der Waals surface area contributed by atoms with Crippen molar-refractivity contribution in [2.24, 2.45) is 5.73 Å². The zero-order chi connectivity index (χ0) is 7.61. The molecule has 0 aliphatic heterocycles. The predicted molar refractivity (Wildman–Crippen MR) is 33.6 cm³/mol. The molecule has 1 heterocycles. The summed E-state index contributed by atoms with van der Waals surface area (Å²) in [6.45, 7) is 1.41. The molecule has 0 saturated heterocycles. The number of aromatic nitrogens is 3. The Balaban J connectivity index is 2.97. The maximum atomic E-state index is 9.11. The summed E-state index contributed by atoms with van der Waals surface area (Å²) in [5, 5.41) is 9.11. The normalized spacial score (nSPS) is 16.3. The van der Waals surface area contributed by atoms with Crippen molar-refractivity contribution in [2.75, 3.05) is 0 Å². The van der Waals surface area contributed by atoms with Gasteiger partial charge in [-0.1, -0.05) is 0 Å². The standard InChI is InChI=1S/C5H8N4O/c1-5(6,10)4-8-2-7-3-9-4/h2-3,10H,6H2,1H3. The zero-order valence-electron chi connectivity index (χ0n) is 5.52. The fourth-order valence-corrected chi connectivity index (χ4v) is 0.501. The average Bonchev–Trinajstić information content (AvgIpc) is 1.88. The summed E-state index contributed by atoms with van der Waals surface area (Å²) in [6.07, 6.45) is 2.56. The summed E-state index contributed by atoms with van der Waals surface area (Å²) in [4.78, 5) is 10.9. The Morgan fingerprint density at radius 2 is 2.00 bits per heavy atom. The number of nitrogens with zero attached hydrogens (tertiary/aromatic N) is 3. The first kappa shape index (κ1) is 7.04. The van der Waals surface area contributed by atoms with E-state index in [4.69, 9.17) is 10.8 Å². The van der Waals surface area contributed by atoms with Crippen molar-refractivity contribution < 1.29 is 5.11 Å². The van der Waals surface area contributed by atoms with Crippen molar-refractivity contribution in [3.05, 3.63) is 18.5 Å². The minimum Gasteiger partial charge on any atom is -0.369 e. The van der Waals surface area contributed by atoms with Crippen molar-refractivity contribution in [3.63, 3.8) is 0 Å². The Morgan fingerprint density at radius 1 is 1.50 bits per heavy atom. The molecule has 10 heavy (non-hydrogen) atoms.